The fourth-order valence-electron chi connectivity index (χ4n) is 2.60. The highest BCUT2D eigenvalue weighted by Gasteiger charge is 2.39. The molecule has 0 atom stereocenters. The number of benzene rings is 1. The molecule has 1 heterocycles. The second kappa shape index (κ2) is 4.59. The molecule has 0 spiro atoms. The Hall–Kier alpha value is -1.88. The molecule has 1 aliphatic carbocycles. The molecular weight excluding hydrogens is 254 g/mol. The van der Waals surface area contributed by atoms with Crippen LogP contribution in [0.1, 0.15) is 18.4 Å². The quantitative estimate of drug-likeness (QED) is 0.817. The number of anilines is 1. The van der Waals surface area contributed by atoms with Crippen molar-refractivity contribution in [2.24, 2.45) is 5.73 Å². The number of para-hydroxylation sites is 1. The first-order valence-electron chi connectivity index (χ1n) is 6.94. The highest BCUT2D eigenvalue weighted by atomic mass is 16.2. The molecule has 1 saturated heterocycles. The van der Waals surface area contributed by atoms with Crippen LogP contribution < -0.4 is 10.6 Å². The largest absolute Gasteiger partial charge is 0.336 e. The molecule has 2 aliphatic rings. The lowest BCUT2D eigenvalue weighted by Gasteiger charge is -2.33. The van der Waals surface area contributed by atoms with Crippen molar-refractivity contribution < 1.29 is 9.59 Å². The minimum absolute atomic E-state index is 0.115. The number of hydrogen-bond acceptors (Lipinski definition) is 3. The molecule has 1 saturated carbocycles. The summed E-state index contributed by atoms with van der Waals surface area (Å²) in [5, 5.41) is 0. The van der Waals surface area contributed by atoms with Crippen LogP contribution in [0.2, 0.25) is 0 Å². The van der Waals surface area contributed by atoms with Gasteiger partial charge in [0.05, 0.1) is 0 Å². The maximum Gasteiger partial charge on any atom is 0.316 e. The number of hydrogen-bond donors (Lipinski definition) is 1. The summed E-state index contributed by atoms with van der Waals surface area (Å²) in [6.07, 6.45) is 2.81. The first kappa shape index (κ1) is 13.1. The average molecular weight is 273 g/mol. The van der Waals surface area contributed by atoms with Crippen molar-refractivity contribution in [2.45, 2.75) is 24.8 Å². The van der Waals surface area contributed by atoms with E-state index in [-0.39, 0.29) is 5.54 Å². The van der Waals surface area contributed by atoms with Crippen LogP contribution >= 0.6 is 0 Å². The van der Waals surface area contributed by atoms with Crippen LogP contribution in [0.15, 0.2) is 24.3 Å². The highest BCUT2D eigenvalue weighted by molar-refractivity contribution is 6.41. The molecule has 2 N–H and O–H groups in total. The second-order valence-electron chi connectivity index (χ2n) is 5.85. The molecule has 5 heteroatoms. The van der Waals surface area contributed by atoms with Gasteiger partial charge < -0.3 is 15.5 Å². The number of rotatable bonds is 3. The molecule has 0 bridgehead atoms. The molecule has 5 nitrogen and oxygen atoms in total. The maximum absolute atomic E-state index is 12.2. The van der Waals surface area contributed by atoms with Gasteiger partial charge in [-0.2, -0.15) is 0 Å². The number of likely N-dealkylation sites (N-methyl/N-ethyl adjacent to an activating group) is 1. The standard InChI is InChI=1S/C15H19N3O2/c1-17-8-9-18(14(20)13(17)19)12-5-3-2-4-11(12)10-15(16)6-7-15/h2-5H,6-10,16H2,1H3. The van der Waals surface area contributed by atoms with E-state index in [0.717, 1.165) is 30.5 Å². The van der Waals surface area contributed by atoms with Crippen LogP contribution in [-0.2, 0) is 16.0 Å². The van der Waals surface area contributed by atoms with Gasteiger partial charge in [-0.25, -0.2) is 0 Å². The van der Waals surface area contributed by atoms with E-state index in [0.29, 0.717) is 13.1 Å². The van der Waals surface area contributed by atoms with E-state index in [2.05, 4.69) is 0 Å². The number of amides is 2. The summed E-state index contributed by atoms with van der Waals surface area (Å²) < 4.78 is 0. The van der Waals surface area contributed by atoms with E-state index in [1.165, 1.54) is 4.90 Å². The van der Waals surface area contributed by atoms with Crippen molar-refractivity contribution in [3.8, 4) is 0 Å². The molecule has 2 fully saturated rings. The molecule has 1 aromatic rings. The van der Waals surface area contributed by atoms with E-state index in [4.69, 9.17) is 5.73 Å². The predicted octanol–water partition coefficient (Wildman–Crippen LogP) is 0.525. The zero-order valence-corrected chi connectivity index (χ0v) is 11.6. The molecule has 106 valence electrons. The van der Waals surface area contributed by atoms with Gasteiger partial charge >= 0.3 is 11.8 Å². The van der Waals surface area contributed by atoms with Gasteiger partial charge in [-0.1, -0.05) is 18.2 Å². The number of piperazine rings is 1. The lowest BCUT2D eigenvalue weighted by molar-refractivity contribution is -0.145. The molecule has 0 aromatic heterocycles. The van der Waals surface area contributed by atoms with E-state index >= 15 is 0 Å². The summed E-state index contributed by atoms with van der Waals surface area (Å²) in [6, 6.07) is 7.74. The Morgan fingerprint density at radius 1 is 1.15 bits per heavy atom. The van der Waals surface area contributed by atoms with Crippen LogP contribution in [0.5, 0.6) is 0 Å². The summed E-state index contributed by atoms with van der Waals surface area (Å²) in [4.78, 5) is 27.1. The molecular formula is C15H19N3O2. The zero-order chi connectivity index (χ0) is 14.3. The Morgan fingerprint density at radius 3 is 2.55 bits per heavy atom. The van der Waals surface area contributed by atoms with Crippen molar-refractivity contribution in [3.63, 3.8) is 0 Å². The van der Waals surface area contributed by atoms with E-state index in [1.807, 2.05) is 24.3 Å². The summed E-state index contributed by atoms with van der Waals surface area (Å²) in [6.45, 7) is 1.10. The fourth-order valence-corrected chi connectivity index (χ4v) is 2.60. The van der Waals surface area contributed by atoms with Crippen LogP contribution in [0.3, 0.4) is 0 Å². The van der Waals surface area contributed by atoms with Crippen molar-refractivity contribution in [1.82, 2.24) is 4.90 Å². The second-order valence-corrected chi connectivity index (χ2v) is 5.85. The average Bonchev–Trinajstić information content (AvgIpc) is 3.15. The van der Waals surface area contributed by atoms with Crippen LogP contribution in [-0.4, -0.2) is 42.4 Å². The van der Waals surface area contributed by atoms with Crippen molar-refractivity contribution in [3.05, 3.63) is 29.8 Å². The van der Waals surface area contributed by atoms with Gasteiger partial charge in [0.1, 0.15) is 0 Å². The van der Waals surface area contributed by atoms with E-state index < -0.39 is 11.8 Å². The fraction of sp³-hybridized carbons (Fsp3) is 0.467. The summed E-state index contributed by atoms with van der Waals surface area (Å²) in [5.41, 5.74) is 7.95. The summed E-state index contributed by atoms with van der Waals surface area (Å²) >= 11 is 0. The number of carbonyl (C=O) groups excluding carboxylic acids is 2. The van der Waals surface area contributed by atoms with E-state index in [9.17, 15) is 9.59 Å². The van der Waals surface area contributed by atoms with Gasteiger partial charge in [0.15, 0.2) is 0 Å². The Balaban J connectivity index is 1.90. The molecule has 20 heavy (non-hydrogen) atoms. The molecule has 2 amide bonds. The molecule has 3 rings (SSSR count). The van der Waals surface area contributed by atoms with E-state index in [1.54, 1.807) is 11.9 Å². The van der Waals surface area contributed by atoms with Gasteiger partial charge in [0, 0.05) is 31.4 Å². The van der Waals surface area contributed by atoms with Gasteiger partial charge in [0.25, 0.3) is 0 Å². The third-order valence-electron chi connectivity index (χ3n) is 4.15. The smallest absolute Gasteiger partial charge is 0.316 e. The van der Waals surface area contributed by atoms with Crippen molar-refractivity contribution in [1.29, 1.82) is 0 Å². The Labute approximate surface area is 118 Å². The number of nitrogens with zero attached hydrogens (tertiary/aromatic N) is 2. The monoisotopic (exact) mass is 273 g/mol. The number of carbonyl (C=O) groups is 2. The normalized spacial score (nSPS) is 21.3. The first-order valence-corrected chi connectivity index (χ1v) is 6.94. The summed E-state index contributed by atoms with van der Waals surface area (Å²) in [7, 11) is 1.66. The Bertz CT molecular complexity index is 566. The van der Waals surface area contributed by atoms with Crippen molar-refractivity contribution >= 4 is 17.5 Å². The Morgan fingerprint density at radius 2 is 1.85 bits per heavy atom. The predicted molar refractivity (Wildman–Crippen MR) is 76.3 cm³/mol. The first-order chi connectivity index (χ1) is 9.50. The van der Waals surface area contributed by atoms with Gasteiger partial charge in [-0.3, -0.25) is 9.59 Å². The molecule has 1 aromatic carbocycles. The van der Waals surface area contributed by atoms with Gasteiger partial charge in [-0.15, -0.1) is 0 Å². The van der Waals surface area contributed by atoms with Crippen LogP contribution in [0.4, 0.5) is 5.69 Å². The lowest BCUT2D eigenvalue weighted by atomic mass is 10.0. The summed E-state index contributed by atoms with van der Waals surface area (Å²) in [5.74, 6) is -0.895. The van der Waals surface area contributed by atoms with Crippen molar-refractivity contribution in [2.75, 3.05) is 25.0 Å². The molecule has 1 aliphatic heterocycles. The van der Waals surface area contributed by atoms with Gasteiger partial charge in [-0.05, 0) is 30.9 Å². The Kier molecular flexibility index (Phi) is 3.01. The maximum atomic E-state index is 12.2. The minimum Gasteiger partial charge on any atom is -0.336 e. The van der Waals surface area contributed by atoms with Crippen LogP contribution in [0, 0.1) is 0 Å². The molecule has 0 radical (unpaired) electrons. The number of nitrogens with two attached hydrogens (primary N) is 1. The lowest BCUT2D eigenvalue weighted by Crippen LogP contribution is -2.53. The SMILES string of the molecule is CN1CCN(c2ccccc2CC2(N)CC2)C(=O)C1=O. The van der Waals surface area contributed by atoms with Gasteiger partial charge in [0.2, 0.25) is 0 Å². The third-order valence-corrected chi connectivity index (χ3v) is 4.15. The zero-order valence-electron chi connectivity index (χ0n) is 11.6. The highest BCUT2D eigenvalue weighted by Crippen LogP contribution is 2.38. The molecule has 0 unspecified atom stereocenters. The third kappa shape index (κ3) is 2.29. The minimum atomic E-state index is -0.451. The van der Waals surface area contributed by atoms with Crippen LogP contribution in [0.25, 0.3) is 0 Å². The topological polar surface area (TPSA) is 66.6 Å².